The number of aromatic nitrogens is 1. The minimum Gasteiger partial charge on any atom is -0.465 e. The SMILES string of the molecule is CCCOC(=O)C1C=CC(OC(=O)N2CCc3nc(C(=O)Nc4ccccc4N)sc3C2)=CC1. The first-order valence-corrected chi connectivity index (χ1v) is 11.9. The van der Waals surface area contributed by atoms with Crippen molar-refractivity contribution >= 4 is 40.7 Å². The molecule has 10 heteroatoms. The van der Waals surface area contributed by atoms with E-state index in [4.69, 9.17) is 15.2 Å². The third-order valence-electron chi connectivity index (χ3n) is 5.41. The maximum absolute atomic E-state index is 12.7. The monoisotopic (exact) mass is 482 g/mol. The van der Waals surface area contributed by atoms with Crippen molar-refractivity contribution in [3.63, 3.8) is 0 Å². The van der Waals surface area contributed by atoms with Gasteiger partial charge in [-0.25, -0.2) is 9.78 Å². The molecule has 0 bridgehead atoms. The number of thiazole rings is 1. The molecular formula is C24H26N4O5S. The number of anilines is 2. The van der Waals surface area contributed by atoms with Gasteiger partial charge in [0.2, 0.25) is 0 Å². The van der Waals surface area contributed by atoms with Crippen molar-refractivity contribution in [2.45, 2.75) is 32.7 Å². The highest BCUT2D eigenvalue weighted by atomic mass is 32.1. The molecule has 2 aromatic rings. The van der Waals surface area contributed by atoms with E-state index in [0.717, 1.165) is 17.0 Å². The fraction of sp³-hybridized carbons (Fsp3) is 0.333. The summed E-state index contributed by atoms with van der Waals surface area (Å²) in [5.74, 6) is -0.570. The first-order chi connectivity index (χ1) is 16.4. The number of amides is 2. The molecule has 1 unspecified atom stereocenters. The Bertz CT molecular complexity index is 1160. The molecule has 0 fully saturated rings. The van der Waals surface area contributed by atoms with E-state index in [1.165, 1.54) is 11.3 Å². The number of carbonyl (C=O) groups excluding carboxylic acids is 3. The molecule has 9 nitrogen and oxygen atoms in total. The number of fused-ring (bicyclic) bond motifs is 1. The Kier molecular flexibility index (Phi) is 7.27. The standard InChI is InChI=1S/C24H26N4O5S/c1-2-13-32-23(30)15-7-9-16(10-8-15)33-24(31)28-12-11-19-20(14-28)34-22(27-19)21(29)26-18-6-4-3-5-17(18)25/h3-7,9-10,15H,2,8,11-14,25H2,1H3,(H,26,29). The van der Waals surface area contributed by atoms with Crippen LogP contribution in [0.1, 0.15) is 40.1 Å². The van der Waals surface area contributed by atoms with Gasteiger partial charge in [-0.3, -0.25) is 9.59 Å². The Labute approximate surface area is 201 Å². The molecule has 0 spiro atoms. The Balaban J connectivity index is 1.32. The third-order valence-corrected chi connectivity index (χ3v) is 6.50. The fourth-order valence-electron chi connectivity index (χ4n) is 3.56. The average Bonchev–Trinajstić information content (AvgIpc) is 3.28. The summed E-state index contributed by atoms with van der Waals surface area (Å²) in [5, 5.41) is 3.10. The van der Waals surface area contributed by atoms with Crippen LogP contribution in [0.2, 0.25) is 0 Å². The number of para-hydroxylation sites is 2. The van der Waals surface area contributed by atoms with Gasteiger partial charge in [0.05, 0.1) is 36.1 Å². The molecule has 1 aliphatic heterocycles. The van der Waals surface area contributed by atoms with Crippen molar-refractivity contribution in [3.05, 3.63) is 63.8 Å². The highest BCUT2D eigenvalue weighted by molar-refractivity contribution is 7.13. The first kappa shape index (κ1) is 23.5. The Morgan fingerprint density at radius 1 is 1.29 bits per heavy atom. The van der Waals surface area contributed by atoms with Crippen molar-refractivity contribution in [2.24, 2.45) is 5.92 Å². The minimum absolute atomic E-state index is 0.275. The smallest absolute Gasteiger partial charge is 0.415 e. The zero-order valence-electron chi connectivity index (χ0n) is 18.8. The molecule has 3 N–H and O–H groups in total. The number of nitrogens with one attached hydrogen (secondary N) is 1. The van der Waals surface area contributed by atoms with Crippen molar-refractivity contribution < 1.29 is 23.9 Å². The summed E-state index contributed by atoms with van der Waals surface area (Å²) in [4.78, 5) is 44.1. The number of ether oxygens (including phenoxy) is 2. The van der Waals surface area contributed by atoms with E-state index >= 15 is 0 Å². The predicted molar refractivity (Wildman–Crippen MR) is 128 cm³/mol. The molecule has 1 aromatic heterocycles. The van der Waals surface area contributed by atoms with Gasteiger partial charge in [0, 0.05) is 17.8 Å². The van der Waals surface area contributed by atoms with Crippen molar-refractivity contribution in [2.75, 3.05) is 24.2 Å². The summed E-state index contributed by atoms with van der Waals surface area (Å²) < 4.78 is 10.7. The second kappa shape index (κ2) is 10.5. The van der Waals surface area contributed by atoms with Crippen LogP contribution in [0.4, 0.5) is 16.2 Å². The average molecular weight is 483 g/mol. The van der Waals surface area contributed by atoms with Crippen LogP contribution in [0.15, 0.2) is 48.3 Å². The Hall–Kier alpha value is -3.66. The summed E-state index contributed by atoms with van der Waals surface area (Å²) in [6.07, 6.45) is 6.28. The van der Waals surface area contributed by atoms with Crippen LogP contribution in [0.3, 0.4) is 0 Å². The van der Waals surface area contributed by atoms with Crippen LogP contribution in [-0.2, 0) is 27.2 Å². The highest BCUT2D eigenvalue weighted by Crippen LogP contribution is 2.28. The minimum atomic E-state index is -0.481. The van der Waals surface area contributed by atoms with Gasteiger partial charge in [0.15, 0.2) is 5.01 Å². The number of rotatable bonds is 6. The number of esters is 1. The molecule has 2 aliphatic rings. The number of allylic oxidation sites excluding steroid dienone is 2. The largest absolute Gasteiger partial charge is 0.465 e. The molecule has 0 radical (unpaired) electrons. The van der Waals surface area contributed by atoms with Gasteiger partial charge in [0.1, 0.15) is 5.76 Å². The van der Waals surface area contributed by atoms with Crippen LogP contribution in [0.5, 0.6) is 0 Å². The van der Waals surface area contributed by atoms with Crippen LogP contribution in [0, 0.1) is 5.92 Å². The summed E-state index contributed by atoms with van der Waals surface area (Å²) in [6.45, 7) is 3.08. The molecule has 34 heavy (non-hydrogen) atoms. The van der Waals surface area contributed by atoms with Crippen LogP contribution < -0.4 is 11.1 Å². The summed E-state index contributed by atoms with van der Waals surface area (Å²) in [6, 6.07) is 7.02. The zero-order valence-corrected chi connectivity index (χ0v) is 19.6. The lowest BCUT2D eigenvalue weighted by atomic mass is 10.0. The van der Waals surface area contributed by atoms with E-state index < -0.39 is 6.09 Å². The van der Waals surface area contributed by atoms with Crippen molar-refractivity contribution in [1.29, 1.82) is 0 Å². The normalized spacial score (nSPS) is 16.9. The number of nitrogen functional groups attached to an aromatic ring is 1. The lowest BCUT2D eigenvalue weighted by Crippen LogP contribution is -2.35. The lowest BCUT2D eigenvalue weighted by molar-refractivity contribution is -0.146. The van der Waals surface area contributed by atoms with E-state index in [1.54, 1.807) is 47.4 Å². The van der Waals surface area contributed by atoms with Crippen LogP contribution in [0.25, 0.3) is 0 Å². The topological polar surface area (TPSA) is 124 Å². The maximum atomic E-state index is 12.7. The van der Waals surface area contributed by atoms with E-state index in [9.17, 15) is 14.4 Å². The van der Waals surface area contributed by atoms with Gasteiger partial charge in [-0.2, -0.15) is 0 Å². The summed E-state index contributed by atoms with van der Waals surface area (Å²) in [5.41, 5.74) is 7.70. The second-order valence-corrected chi connectivity index (χ2v) is 9.03. The van der Waals surface area contributed by atoms with Crippen molar-refractivity contribution in [1.82, 2.24) is 9.88 Å². The molecule has 0 saturated carbocycles. The van der Waals surface area contributed by atoms with Crippen molar-refractivity contribution in [3.8, 4) is 0 Å². The van der Waals surface area contributed by atoms with Crippen LogP contribution >= 0.6 is 11.3 Å². The van der Waals surface area contributed by atoms with Gasteiger partial charge < -0.3 is 25.4 Å². The molecule has 1 aromatic carbocycles. The van der Waals surface area contributed by atoms with Crippen LogP contribution in [-0.4, -0.2) is 41.0 Å². The lowest BCUT2D eigenvalue weighted by Gasteiger charge is -2.25. The molecular weight excluding hydrogens is 456 g/mol. The maximum Gasteiger partial charge on any atom is 0.415 e. The number of nitrogens with two attached hydrogens (primary N) is 1. The van der Waals surface area contributed by atoms with E-state index in [1.807, 2.05) is 6.92 Å². The van der Waals surface area contributed by atoms with Gasteiger partial charge in [-0.1, -0.05) is 25.1 Å². The fourth-order valence-corrected chi connectivity index (χ4v) is 4.58. The van der Waals surface area contributed by atoms with Gasteiger partial charge in [-0.15, -0.1) is 11.3 Å². The molecule has 2 amide bonds. The molecule has 1 aliphatic carbocycles. The van der Waals surface area contributed by atoms with Gasteiger partial charge in [0.25, 0.3) is 5.91 Å². The number of nitrogens with zero attached hydrogens (tertiary/aromatic N) is 2. The Morgan fingerprint density at radius 2 is 2.12 bits per heavy atom. The molecule has 4 rings (SSSR count). The zero-order chi connectivity index (χ0) is 24.1. The number of carbonyl (C=O) groups is 3. The van der Waals surface area contributed by atoms with E-state index in [2.05, 4.69) is 10.3 Å². The highest BCUT2D eigenvalue weighted by Gasteiger charge is 2.28. The molecule has 1 atom stereocenters. The third kappa shape index (κ3) is 5.45. The first-order valence-electron chi connectivity index (χ1n) is 11.1. The molecule has 0 saturated heterocycles. The predicted octanol–water partition coefficient (Wildman–Crippen LogP) is 3.89. The molecule has 2 heterocycles. The van der Waals surface area contributed by atoms with E-state index in [0.29, 0.717) is 54.7 Å². The number of hydrogen-bond acceptors (Lipinski definition) is 8. The quantitative estimate of drug-likeness (QED) is 0.473. The van der Waals surface area contributed by atoms with E-state index in [-0.39, 0.29) is 17.8 Å². The molecule has 178 valence electrons. The number of benzene rings is 1. The van der Waals surface area contributed by atoms with Gasteiger partial charge >= 0.3 is 12.1 Å². The second-order valence-electron chi connectivity index (χ2n) is 7.95. The Morgan fingerprint density at radius 3 is 2.85 bits per heavy atom. The summed E-state index contributed by atoms with van der Waals surface area (Å²) in [7, 11) is 0. The van der Waals surface area contributed by atoms with Gasteiger partial charge in [-0.05, 0) is 37.1 Å². The summed E-state index contributed by atoms with van der Waals surface area (Å²) >= 11 is 1.25. The number of hydrogen-bond donors (Lipinski definition) is 2.